The number of amides is 1. The summed E-state index contributed by atoms with van der Waals surface area (Å²) in [5.74, 6) is 0.389. The van der Waals surface area contributed by atoms with Crippen LogP contribution in [0.15, 0.2) is 48.5 Å². The second kappa shape index (κ2) is 8.52. The molecule has 2 aromatic rings. The molecule has 0 atom stereocenters. The molecule has 28 heavy (non-hydrogen) atoms. The molecule has 0 radical (unpaired) electrons. The monoisotopic (exact) mass is 381 g/mol. The summed E-state index contributed by atoms with van der Waals surface area (Å²) in [4.78, 5) is 18.5. The molecule has 2 aliphatic heterocycles. The molecule has 2 heterocycles. The van der Waals surface area contributed by atoms with E-state index in [1.165, 1.54) is 17.7 Å². The number of piperazine rings is 1. The van der Waals surface area contributed by atoms with Crippen LogP contribution in [0.25, 0.3) is 0 Å². The van der Waals surface area contributed by atoms with Crippen molar-refractivity contribution in [1.82, 2.24) is 0 Å². The lowest BCUT2D eigenvalue weighted by Gasteiger charge is -2.33. The quantitative estimate of drug-likeness (QED) is 0.732. The fraction of sp³-hybridized carbons (Fsp3) is 0.409. The van der Waals surface area contributed by atoms with Gasteiger partial charge in [0.05, 0.1) is 43.2 Å². The predicted octanol–water partition coefficient (Wildman–Crippen LogP) is 1.34. The maximum Gasteiger partial charge on any atom is 0.279 e. The van der Waals surface area contributed by atoms with Gasteiger partial charge in [-0.1, -0.05) is 24.3 Å². The lowest BCUT2D eigenvalue weighted by Crippen LogP contribution is -3.15. The predicted molar refractivity (Wildman–Crippen MR) is 112 cm³/mol. The fourth-order valence-electron chi connectivity index (χ4n) is 4.21. The summed E-state index contributed by atoms with van der Waals surface area (Å²) in [5.41, 5.74) is 2.93. The second-order valence-electron chi connectivity index (χ2n) is 7.66. The third-order valence-electron chi connectivity index (χ3n) is 5.73. The van der Waals surface area contributed by atoms with Gasteiger partial charge in [-0.2, -0.15) is 0 Å². The minimum atomic E-state index is 0.0673. The number of carbonyl (C=O) groups excluding carboxylic acids is 1. The molecule has 148 valence electrons. The van der Waals surface area contributed by atoms with E-state index in [1.54, 1.807) is 6.07 Å². The molecule has 2 saturated heterocycles. The van der Waals surface area contributed by atoms with E-state index in [2.05, 4.69) is 21.2 Å². The van der Waals surface area contributed by atoms with Crippen LogP contribution in [-0.2, 0) is 4.79 Å². The normalized spacial score (nSPS) is 17.7. The lowest BCUT2D eigenvalue weighted by atomic mass is 10.2. The summed E-state index contributed by atoms with van der Waals surface area (Å²) in [6.45, 7) is 6.04. The van der Waals surface area contributed by atoms with Gasteiger partial charge in [-0.3, -0.25) is 4.79 Å². The van der Waals surface area contributed by atoms with Gasteiger partial charge in [0.1, 0.15) is 5.75 Å². The molecule has 6 heteroatoms. The van der Waals surface area contributed by atoms with Gasteiger partial charge in [0.15, 0.2) is 6.54 Å². The van der Waals surface area contributed by atoms with E-state index in [9.17, 15) is 9.90 Å². The van der Waals surface area contributed by atoms with Gasteiger partial charge in [-0.05, 0) is 37.1 Å². The Kier molecular flexibility index (Phi) is 5.67. The van der Waals surface area contributed by atoms with E-state index in [0.717, 1.165) is 56.3 Å². The Balaban J connectivity index is 1.31. The Morgan fingerprint density at radius 1 is 0.893 bits per heavy atom. The van der Waals surface area contributed by atoms with Crippen LogP contribution in [-0.4, -0.2) is 56.8 Å². The number of rotatable bonds is 5. The molecule has 0 spiro atoms. The molecule has 2 aliphatic rings. The number of benzene rings is 2. The number of aromatic hydroxyl groups is 1. The number of nitrogens with zero attached hydrogens (tertiary/aromatic N) is 2. The highest BCUT2D eigenvalue weighted by molar-refractivity contribution is 5.95. The van der Waals surface area contributed by atoms with Crippen molar-refractivity contribution in [2.45, 2.75) is 12.8 Å². The van der Waals surface area contributed by atoms with Gasteiger partial charge < -0.3 is 25.1 Å². The summed E-state index contributed by atoms with van der Waals surface area (Å²) >= 11 is 0. The summed E-state index contributed by atoms with van der Waals surface area (Å²) in [6.07, 6.45) is 2.43. The lowest BCUT2D eigenvalue weighted by molar-refractivity contribution is -0.892. The number of quaternary nitrogens is 1. The Hall–Kier alpha value is -2.73. The van der Waals surface area contributed by atoms with Crippen molar-refractivity contribution in [3.63, 3.8) is 0 Å². The minimum absolute atomic E-state index is 0.0673. The van der Waals surface area contributed by atoms with Crippen LogP contribution in [0.5, 0.6) is 5.75 Å². The molecule has 6 nitrogen and oxygen atoms in total. The SMILES string of the molecule is O=C(C[NH+]1CCN(c2ccccc2O)CC1)Nc1ccccc1N1CCCC1. The van der Waals surface area contributed by atoms with E-state index in [1.807, 2.05) is 36.4 Å². The van der Waals surface area contributed by atoms with Gasteiger partial charge in [-0.15, -0.1) is 0 Å². The topological polar surface area (TPSA) is 60.3 Å². The first-order valence-corrected chi connectivity index (χ1v) is 10.2. The van der Waals surface area contributed by atoms with E-state index < -0.39 is 0 Å². The highest BCUT2D eigenvalue weighted by atomic mass is 16.3. The van der Waals surface area contributed by atoms with E-state index in [4.69, 9.17) is 0 Å². The molecule has 0 aliphatic carbocycles. The smallest absolute Gasteiger partial charge is 0.279 e. The Labute approximate surface area is 166 Å². The molecular formula is C22H29N4O2+. The number of hydrogen-bond acceptors (Lipinski definition) is 4. The van der Waals surface area contributed by atoms with Gasteiger partial charge >= 0.3 is 0 Å². The van der Waals surface area contributed by atoms with Crippen molar-refractivity contribution in [3.05, 3.63) is 48.5 Å². The fourth-order valence-corrected chi connectivity index (χ4v) is 4.21. The van der Waals surface area contributed by atoms with Crippen molar-refractivity contribution >= 4 is 23.0 Å². The number of carbonyl (C=O) groups is 1. The second-order valence-corrected chi connectivity index (χ2v) is 7.66. The van der Waals surface area contributed by atoms with E-state index in [-0.39, 0.29) is 5.91 Å². The molecule has 3 N–H and O–H groups in total. The van der Waals surface area contributed by atoms with Crippen LogP contribution >= 0.6 is 0 Å². The molecule has 2 fully saturated rings. The average molecular weight is 382 g/mol. The van der Waals surface area contributed by atoms with Crippen LogP contribution in [0, 0.1) is 0 Å². The zero-order valence-electron chi connectivity index (χ0n) is 16.2. The summed E-state index contributed by atoms with van der Waals surface area (Å²) in [6, 6.07) is 15.6. The van der Waals surface area contributed by atoms with Crippen molar-refractivity contribution in [1.29, 1.82) is 0 Å². The largest absolute Gasteiger partial charge is 0.506 e. The van der Waals surface area contributed by atoms with Gasteiger partial charge in [-0.25, -0.2) is 0 Å². The first-order chi connectivity index (χ1) is 13.7. The van der Waals surface area contributed by atoms with Gasteiger partial charge in [0.2, 0.25) is 0 Å². The molecule has 0 unspecified atom stereocenters. The van der Waals surface area contributed by atoms with E-state index >= 15 is 0 Å². The van der Waals surface area contributed by atoms with E-state index in [0.29, 0.717) is 12.3 Å². The number of anilines is 3. The van der Waals surface area contributed by atoms with Crippen LogP contribution in [0.2, 0.25) is 0 Å². The molecular weight excluding hydrogens is 352 g/mol. The molecule has 1 amide bonds. The molecule has 2 aromatic carbocycles. The van der Waals surface area contributed by atoms with Gasteiger partial charge in [0.25, 0.3) is 5.91 Å². The van der Waals surface area contributed by atoms with Crippen LogP contribution in [0.4, 0.5) is 17.1 Å². The van der Waals surface area contributed by atoms with Gasteiger partial charge in [0, 0.05) is 13.1 Å². The number of hydrogen-bond donors (Lipinski definition) is 3. The summed E-state index contributed by atoms with van der Waals surface area (Å²) < 4.78 is 0. The Morgan fingerprint density at radius 3 is 2.21 bits per heavy atom. The molecule has 0 bridgehead atoms. The average Bonchev–Trinajstić information content (AvgIpc) is 3.24. The van der Waals surface area contributed by atoms with Crippen molar-refractivity contribution in [2.24, 2.45) is 0 Å². The Bertz CT molecular complexity index is 812. The van der Waals surface area contributed by atoms with Crippen molar-refractivity contribution in [2.75, 3.05) is 60.9 Å². The summed E-state index contributed by atoms with van der Waals surface area (Å²) in [5, 5.41) is 13.2. The number of para-hydroxylation sites is 4. The summed E-state index contributed by atoms with van der Waals surface area (Å²) in [7, 11) is 0. The van der Waals surface area contributed by atoms with Crippen LogP contribution in [0.3, 0.4) is 0 Å². The standard InChI is InChI=1S/C22H28N4O2/c27-21-10-4-3-9-20(21)26-15-13-24(14-16-26)17-22(28)23-18-7-1-2-8-19(18)25-11-5-6-12-25/h1-4,7-10,27H,5-6,11-17H2,(H,23,28)/p+1. The van der Waals surface area contributed by atoms with Crippen LogP contribution < -0.4 is 20.0 Å². The molecule has 0 aromatic heterocycles. The first-order valence-electron chi connectivity index (χ1n) is 10.2. The van der Waals surface area contributed by atoms with Crippen molar-refractivity contribution in [3.8, 4) is 5.75 Å². The Morgan fingerprint density at radius 2 is 1.50 bits per heavy atom. The van der Waals surface area contributed by atoms with Crippen molar-refractivity contribution < 1.29 is 14.8 Å². The number of phenolic OH excluding ortho intramolecular Hbond substituents is 1. The third kappa shape index (κ3) is 4.22. The molecule has 4 rings (SSSR count). The minimum Gasteiger partial charge on any atom is -0.506 e. The maximum atomic E-state index is 12.6. The maximum absolute atomic E-state index is 12.6. The highest BCUT2D eigenvalue weighted by Gasteiger charge is 2.24. The highest BCUT2D eigenvalue weighted by Crippen LogP contribution is 2.28. The molecule has 0 saturated carbocycles. The number of phenols is 1. The third-order valence-corrected chi connectivity index (χ3v) is 5.73. The zero-order chi connectivity index (χ0) is 19.3. The van der Waals surface area contributed by atoms with Crippen LogP contribution in [0.1, 0.15) is 12.8 Å². The zero-order valence-corrected chi connectivity index (χ0v) is 16.2. The number of nitrogens with one attached hydrogen (secondary N) is 2. The first kappa shape index (κ1) is 18.6.